The third-order valence-electron chi connectivity index (χ3n) is 5.18. The summed E-state index contributed by atoms with van der Waals surface area (Å²) in [6, 6.07) is 6.33. The molecule has 0 saturated carbocycles. The number of benzene rings is 1. The second-order valence-corrected chi connectivity index (χ2v) is 6.87. The predicted molar refractivity (Wildman–Crippen MR) is 101 cm³/mol. The third kappa shape index (κ3) is 3.90. The molecule has 0 aliphatic carbocycles. The number of carbonyl (C=O) groups is 1. The van der Waals surface area contributed by atoms with Crippen LogP contribution in [0.4, 0.5) is 0 Å². The lowest BCUT2D eigenvalue weighted by molar-refractivity contribution is -0.120. The van der Waals surface area contributed by atoms with Crippen molar-refractivity contribution in [1.82, 2.24) is 20.0 Å². The topological polar surface area (TPSA) is 59.4 Å². The minimum Gasteiger partial charge on any atom is -0.496 e. The van der Waals surface area contributed by atoms with E-state index in [1.807, 2.05) is 6.92 Å². The number of aromatic nitrogens is 2. The van der Waals surface area contributed by atoms with Crippen LogP contribution in [0.15, 0.2) is 18.2 Å². The Morgan fingerprint density at radius 3 is 2.81 bits per heavy atom. The zero-order chi connectivity index (χ0) is 18.7. The van der Waals surface area contributed by atoms with Crippen molar-refractivity contribution in [2.45, 2.75) is 53.4 Å². The molecule has 1 N–H and O–H groups in total. The van der Waals surface area contributed by atoms with E-state index in [0.29, 0.717) is 13.0 Å². The molecule has 0 unspecified atom stereocenters. The molecule has 26 heavy (non-hydrogen) atoms. The monoisotopic (exact) mass is 356 g/mol. The van der Waals surface area contributed by atoms with Crippen LogP contribution < -0.4 is 10.1 Å². The Morgan fingerprint density at radius 2 is 2.08 bits per heavy atom. The number of hydrogen-bond donors (Lipinski definition) is 1. The highest BCUT2D eigenvalue weighted by atomic mass is 16.5. The number of nitrogens with one attached hydrogen (secondary N) is 1. The van der Waals surface area contributed by atoms with Crippen LogP contribution in [0.1, 0.15) is 41.4 Å². The van der Waals surface area contributed by atoms with E-state index in [4.69, 9.17) is 4.74 Å². The minimum absolute atomic E-state index is 0.0583. The highest BCUT2D eigenvalue weighted by molar-refractivity contribution is 5.75. The van der Waals surface area contributed by atoms with Gasteiger partial charge in [0.1, 0.15) is 5.75 Å². The van der Waals surface area contributed by atoms with E-state index in [0.717, 1.165) is 37.6 Å². The maximum Gasteiger partial charge on any atom is 0.220 e. The number of methoxy groups -OCH3 is 1. The van der Waals surface area contributed by atoms with Gasteiger partial charge in [0.25, 0.3) is 0 Å². The number of amides is 1. The molecule has 0 saturated heterocycles. The van der Waals surface area contributed by atoms with Crippen molar-refractivity contribution < 1.29 is 9.53 Å². The lowest BCUT2D eigenvalue weighted by atomic mass is 10.0. The fourth-order valence-electron chi connectivity index (χ4n) is 3.40. The van der Waals surface area contributed by atoms with E-state index in [1.165, 1.54) is 22.4 Å². The Hall–Kier alpha value is -2.34. The summed E-state index contributed by atoms with van der Waals surface area (Å²) in [5.41, 5.74) is 5.99. The molecule has 3 rings (SSSR count). The molecule has 1 aromatic heterocycles. The van der Waals surface area contributed by atoms with Gasteiger partial charge in [0, 0.05) is 26.1 Å². The van der Waals surface area contributed by atoms with E-state index in [2.05, 4.69) is 52.0 Å². The van der Waals surface area contributed by atoms with E-state index in [9.17, 15) is 4.79 Å². The second-order valence-electron chi connectivity index (χ2n) is 6.87. The molecule has 0 radical (unpaired) electrons. The summed E-state index contributed by atoms with van der Waals surface area (Å²) in [7, 11) is 1.72. The Kier molecular flexibility index (Phi) is 5.61. The van der Waals surface area contributed by atoms with E-state index in [-0.39, 0.29) is 5.91 Å². The maximum atomic E-state index is 11.4. The summed E-state index contributed by atoms with van der Waals surface area (Å²) >= 11 is 0. The van der Waals surface area contributed by atoms with E-state index >= 15 is 0 Å². The molecule has 0 fully saturated rings. The van der Waals surface area contributed by atoms with E-state index < -0.39 is 0 Å². The molecule has 0 atom stereocenters. The molecule has 1 aliphatic rings. The predicted octanol–water partition coefficient (Wildman–Crippen LogP) is 2.55. The van der Waals surface area contributed by atoms with Crippen molar-refractivity contribution in [2.75, 3.05) is 13.7 Å². The first-order chi connectivity index (χ1) is 12.5. The van der Waals surface area contributed by atoms with Gasteiger partial charge in [-0.1, -0.05) is 13.0 Å². The van der Waals surface area contributed by atoms with Crippen molar-refractivity contribution in [1.29, 1.82) is 0 Å². The number of ether oxygens (including phenoxy) is 1. The van der Waals surface area contributed by atoms with Gasteiger partial charge in [-0.3, -0.25) is 14.4 Å². The molecule has 0 bridgehead atoms. The van der Waals surface area contributed by atoms with Gasteiger partial charge in [-0.05, 0) is 42.7 Å². The largest absolute Gasteiger partial charge is 0.496 e. The fraction of sp³-hybridized carbons (Fsp3) is 0.500. The maximum absolute atomic E-state index is 11.4. The molecule has 140 valence electrons. The molecular weight excluding hydrogens is 328 g/mol. The van der Waals surface area contributed by atoms with Crippen LogP contribution in [0.3, 0.4) is 0 Å². The summed E-state index contributed by atoms with van der Waals surface area (Å²) in [6.45, 7) is 10.3. The molecule has 6 heteroatoms. The molecule has 1 amide bonds. The number of rotatable bonds is 6. The van der Waals surface area contributed by atoms with E-state index in [1.54, 1.807) is 7.11 Å². The molecule has 0 spiro atoms. The quantitative estimate of drug-likeness (QED) is 0.864. The summed E-state index contributed by atoms with van der Waals surface area (Å²) < 4.78 is 7.48. The second kappa shape index (κ2) is 7.91. The molecule has 1 aliphatic heterocycles. The smallest absolute Gasteiger partial charge is 0.220 e. The Morgan fingerprint density at radius 1 is 1.27 bits per heavy atom. The summed E-state index contributed by atoms with van der Waals surface area (Å²) in [4.78, 5) is 13.9. The summed E-state index contributed by atoms with van der Waals surface area (Å²) in [5.74, 6) is 1.00. The van der Waals surface area contributed by atoms with Crippen LogP contribution in [0.2, 0.25) is 0 Å². The Bertz CT molecular complexity index is 797. The SMILES string of the molecule is CCC(=O)NCc1cc2n(n1)CCN(Cc1ccc(OC)c(C)c1C)C2. The van der Waals surface area contributed by atoms with Gasteiger partial charge in [0.2, 0.25) is 5.91 Å². The molecule has 1 aromatic carbocycles. The standard InChI is InChI=1S/C20H28N4O2/c1-5-20(25)21-11-17-10-18-13-23(8-9-24(18)22-17)12-16-6-7-19(26-4)15(3)14(16)2/h6-7,10H,5,8-9,11-13H2,1-4H3,(H,21,25). The first-order valence-electron chi connectivity index (χ1n) is 9.19. The van der Waals surface area contributed by atoms with Gasteiger partial charge in [-0.2, -0.15) is 5.10 Å². The normalized spacial score (nSPS) is 14.2. The highest BCUT2D eigenvalue weighted by Gasteiger charge is 2.19. The van der Waals surface area contributed by atoms with Gasteiger partial charge >= 0.3 is 0 Å². The van der Waals surface area contributed by atoms with Crippen LogP contribution in [0, 0.1) is 13.8 Å². The molecule has 6 nitrogen and oxygen atoms in total. The van der Waals surface area contributed by atoms with Crippen LogP contribution >= 0.6 is 0 Å². The average molecular weight is 356 g/mol. The number of carbonyl (C=O) groups excluding carboxylic acids is 1. The van der Waals surface area contributed by atoms with Crippen molar-refractivity contribution in [3.8, 4) is 5.75 Å². The van der Waals surface area contributed by atoms with Gasteiger partial charge in [0.05, 0.1) is 31.6 Å². The number of hydrogen-bond acceptors (Lipinski definition) is 4. The van der Waals surface area contributed by atoms with Crippen molar-refractivity contribution in [3.63, 3.8) is 0 Å². The molecule has 2 aromatic rings. The van der Waals surface area contributed by atoms with Crippen LogP contribution in [0.25, 0.3) is 0 Å². The fourth-order valence-corrected chi connectivity index (χ4v) is 3.40. The Balaban J connectivity index is 1.66. The zero-order valence-corrected chi connectivity index (χ0v) is 16.1. The van der Waals surface area contributed by atoms with Gasteiger partial charge in [-0.25, -0.2) is 0 Å². The first kappa shape index (κ1) is 18.5. The zero-order valence-electron chi connectivity index (χ0n) is 16.1. The van der Waals surface area contributed by atoms with Crippen LogP contribution in [0.5, 0.6) is 5.75 Å². The third-order valence-corrected chi connectivity index (χ3v) is 5.18. The lowest BCUT2D eigenvalue weighted by Crippen LogP contribution is -2.33. The lowest BCUT2D eigenvalue weighted by Gasteiger charge is -2.28. The van der Waals surface area contributed by atoms with Crippen LogP contribution in [-0.4, -0.2) is 34.2 Å². The molecular formula is C20H28N4O2. The van der Waals surface area contributed by atoms with Gasteiger partial charge < -0.3 is 10.1 Å². The van der Waals surface area contributed by atoms with Crippen molar-refractivity contribution >= 4 is 5.91 Å². The van der Waals surface area contributed by atoms with Gasteiger partial charge in [-0.15, -0.1) is 0 Å². The minimum atomic E-state index is 0.0583. The number of fused-ring (bicyclic) bond motifs is 1. The highest BCUT2D eigenvalue weighted by Crippen LogP contribution is 2.26. The summed E-state index contributed by atoms with van der Waals surface area (Å²) in [5, 5.41) is 7.50. The first-order valence-corrected chi connectivity index (χ1v) is 9.19. The van der Waals surface area contributed by atoms with Crippen molar-refractivity contribution in [3.05, 3.63) is 46.3 Å². The van der Waals surface area contributed by atoms with Crippen molar-refractivity contribution in [2.24, 2.45) is 0 Å². The summed E-state index contributed by atoms with van der Waals surface area (Å²) in [6.07, 6.45) is 0.502. The number of nitrogens with zero attached hydrogens (tertiary/aromatic N) is 3. The van der Waals surface area contributed by atoms with Crippen LogP contribution in [-0.2, 0) is 31.0 Å². The van der Waals surface area contributed by atoms with Gasteiger partial charge in [0.15, 0.2) is 0 Å². The average Bonchev–Trinajstić information content (AvgIpc) is 3.06. The molecule has 2 heterocycles. The Labute approximate surface area is 155 Å².